The summed E-state index contributed by atoms with van der Waals surface area (Å²) in [6, 6.07) is 8.24. The monoisotopic (exact) mass is 231 g/mol. The van der Waals surface area contributed by atoms with E-state index >= 15 is 0 Å². The first kappa shape index (κ1) is 10.9. The second-order valence-electron chi connectivity index (χ2n) is 3.66. The summed E-state index contributed by atoms with van der Waals surface area (Å²) in [5, 5.41) is 3.34. The zero-order valence-electron chi connectivity index (χ0n) is 9.14. The summed E-state index contributed by atoms with van der Waals surface area (Å²) in [5.74, 6) is -0.0460. The molecule has 0 aliphatic heterocycles. The van der Waals surface area contributed by atoms with Gasteiger partial charge in [-0.25, -0.2) is 0 Å². The average molecular weight is 231 g/mol. The minimum Gasteiger partial charge on any atom is -0.338 e. The van der Waals surface area contributed by atoms with E-state index in [0.29, 0.717) is 6.54 Å². The summed E-state index contributed by atoms with van der Waals surface area (Å²) < 4.78 is 1.26. The molecular weight excluding hydrogens is 218 g/mol. The third kappa shape index (κ3) is 1.99. The van der Waals surface area contributed by atoms with Crippen LogP contribution in [0.1, 0.15) is 5.56 Å². The molecule has 82 valence electrons. The van der Waals surface area contributed by atoms with Gasteiger partial charge in [0, 0.05) is 18.3 Å². The topological polar surface area (TPSA) is 20.3 Å². The number of nitrogens with zero attached hydrogens (tertiary/aromatic N) is 1. The van der Waals surface area contributed by atoms with Gasteiger partial charge in [0.2, 0.25) is 5.91 Å². The van der Waals surface area contributed by atoms with Gasteiger partial charge in [0.15, 0.2) is 0 Å². The molecule has 0 saturated carbocycles. The van der Waals surface area contributed by atoms with Crippen molar-refractivity contribution < 1.29 is 4.79 Å². The van der Waals surface area contributed by atoms with Gasteiger partial charge in [-0.2, -0.15) is 0 Å². The Morgan fingerprint density at radius 1 is 1.50 bits per heavy atom. The Kier molecular flexibility index (Phi) is 3.06. The van der Waals surface area contributed by atoms with Crippen LogP contribution in [0, 0.1) is 0 Å². The van der Waals surface area contributed by atoms with E-state index in [2.05, 4.69) is 24.1 Å². The lowest BCUT2D eigenvalue weighted by atomic mass is 10.2. The van der Waals surface area contributed by atoms with Crippen LogP contribution in [0.4, 0.5) is 0 Å². The number of hydrogen-bond donors (Lipinski definition) is 0. The molecule has 0 aliphatic carbocycles. The molecule has 0 saturated heterocycles. The number of carbonyl (C=O) groups is 1. The molecule has 0 radical (unpaired) electrons. The molecule has 2 rings (SSSR count). The highest BCUT2D eigenvalue weighted by Crippen LogP contribution is 2.26. The van der Waals surface area contributed by atoms with Crippen molar-refractivity contribution in [2.45, 2.75) is 6.54 Å². The Hall–Kier alpha value is -1.61. The van der Waals surface area contributed by atoms with Gasteiger partial charge >= 0.3 is 0 Å². The van der Waals surface area contributed by atoms with Crippen molar-refractivity contribution in [1.29, 1.82) is 0 Å². The first-order chi connectivity index (χ1) is 7.72. The molecule has 1 aromatic heterocycles. The first-order valence-electron chi connectivity index (χ1n) is 5.05. The molecule has 2 aromatic rings. The third-order valence-corrected chi connectivity index (χ3v) is 3.53. The molecule has 0 unspecified atom stereocenters. The number of thiophene rings is 1. The summed E-state index contributed by atoms with van der Waals surface area (Å²) in [6.07, 6.45) is 1.34. The molecule has 1 heterocycles. The number of fused-ring (bicyclic) bond motifs is 1. The van der Waals surface area contributed by atoms with Gasteiger partial charge in [0.25, 0.3) is 0 Å². The first-order valence-corrected chi connectivity index (χ1v) is 5.93. The van der Waals surface area contributed by atoms with E-state index in [-0.39, 0.29) is 5.91 Å². The van der Waals surface area contributed by atoms with Crippen LogP contribution in [-0.2, 0) is 11.3 Å². The van der Waals surface area contributed by atoms with E-state index < -0.39 is 0 Å². The van der Waals surface area contributed by atoms with Crippen molar-refractivity contribution >= 4 is 27.3 Å². The SMILES string of the molecule is C=CC(=O)N(C)Cc1csc2ccccc12. The maximum atomic E-state index is 11.4. The predicted molar refractivity (Wildman–Crippen MR) is 68.5 cm³/mol. The summed E-state index contributed by atoms with van der Waals surface area (Å²) in [4.78, 5) is 13.1. The number of hydrogen-bond acceptors (Lipinski definition) is 2. The fourth-order valence-electron chi connectivity index (χ4n) is 1.64. The van der Waals surface area contributed by atoms with Crippen LogP contribution in [0.15, 0.2) is 42.3 Å². The Labute approximate surface area is 98.8 Å². The lowest BCUT2D eigenvalue weighted by Crippen LogP contribution is -2.23. The van der Waals surface area contributed by atoms with Crippen LogP contribution < -0.4 is 0 Å². The highest BCUT2D eigenvalue weighted by atomic mass is 32.1. The standard InChI is InChI=1S/C13H13NOS/c1-3-13(15)14(2)8-10-9-16-12-7-5-4-6-11(10)12/h3-7,9H,1,8H2,2H3. The summed E-state index contributed by atoms with van der Waals surface area (Å²) in [7, 11) is 1.79. The van der Waals surface area contributed by atoms with Gasteiger partial charge in [-0.15, -0.1) is 11.3 Å². The quantitative estimate of drug-likeness (QED) is 0.743. The highest BCUT2D eigenvalue weighted by molar-refractivity contribution is 7.17. The average Bonchev–Trinajstić information content (AvgIpc) is 2.72. The molecule has 16 heavy (non-hydrogen) atoms. The van der Waals surface area contributed by atoms with Crippen LogP contribution in [0.25, 0.3) is 10.1 Å². The van der Waals surface area contributed by atoms with Crippen molar-refractivity contribution in [3.63, 3.8) is 0 Å². The normalized spacial score (nSPS) is 10.3. The largest absolute Gasteiger partial charge is 0.338 e. The van der Waals surface area contributed by atoms with E-state index in [4.69, 9.17) is 0 Å². The van der Waals surface area contributed by atoms with Crippen LogP contribution in [0.2, 0.25) is 0 Å². The zero-order valence-corrected chi connectivity index (χ0v) is 9.96. The minimum atomic E-state index is -0.0460. The lowest BCUT2D eigenvalue weighted by molar-refractivity contribution is -0.125. The van der Waals surface area contributed by atoms with Crippen LogP contribution >= 0.6 is 11.3 Å². The van der Waals surface area contributed by atoms with Gasteiger partial charge < -0.3 is 4.90 Å². The fraction of sp³-hybridized carbons (Fsp3) is 0.154. The molecule has 0 bridgehead atoms. The van der Waals surface area contributed by atoms with Crippen molar-refractivity contribution in [1.82, 2.24) is 4.90 Å². The van der Waals surface area contributed by atoms with Gasteiger partial charge in [0.05, 0.1) is 0 Å². The number of carbonyl (C=O) groups excluding carboxylic acids is 1. The molecular formula is C13H13NOS. The third-order valence-electron chi connectivity index (χ3n) is 2.52. The van der Waals surface area contributed by atoms with Crippen LogP contribution in [0.5, 0.6) is 0 Å². The number of benzene rings is 1. The van der Waals surface area contributed by atoms with Gasteiger partial charge in [-0.05, 0) is 28.5 Å². The Balaban J connectivity index is 2.28. The summed E-state index contributed by atoms with van der Waals surface area (Å²) in [6.45, 7) is 4.12. The van der Waals surface area contributed by atoms with Crippen molar-refractivity contribution in [3.05, 3.63) is 47.9 Å². The molecule has 1 aromatic carbocycles. The van der Waals surface area contributed by atoms with Gasteiger partial charge in [-0.3, -0.25) is 4.79 Å². The fourth-order valence-corrected chi connectivity index (χ4v) is 2.60. The molecule has 1 amide bonds. The second kappa shape index (κ2) is 4.49. The Bertz CT molecular complexity index is 529. The van der Waals surface area contributed by atoms with E-state index in [1.54, 1.807) is 23.3 Å². The van der Waals surface area contributed by atoms with Crippen molar-refractivity contribution in [3.8, 4) is 0 Å². The molecule has 0 atom stereocenters. The maximum absolute atomic E-state index is 11.4. The number of amides is 1. The zero-order chi connectivity index (χ0) is 11.5. The molecule has 0 spiro atoms. The van der Waals surface area contributed by atoms with Crippen molar-refractivity contribution in [2.24, 2.45) is 0 Å². The maximum Gasteiger partial charge on any atom is 0.245 e. The molecule has 2 nitrogen and oxygen atoms in total. The number of rotatable bonds is 3. The summed E-state index contributed by atoms with van der Waals surface area (Å²) in [5.41, 5.74) is 1.19. The summed E-state index contributed by atoms with van der Waals surface area (Å²) >= 11 is 1.71. The van der Waals surface area contributed by atoms with Crippen LogP contribution in [-0.4, -0.2) is 17.9 Å². The van der Waals surface area contributed by atoms with Crippen molar-refractivity contribution in [2.75, 3.05) is 7.05 Å². The Morgan fingerprint density at radius 3 is 3.00 bits per heavy atom. The minimum absolute atomic E-state index is 0.0460. The van der Waals surface area contributed by atoms with Gasteiger partial charge in [-0.1, -0.05) is 24.8 Å². The van der Waals surface area contributed by atoms with E-state index in [0.717, 1.165) is 0 Å². The van der Waals surface area contributed by atoms with E-state index in [1.165, 1.54) is 21.7 Å². The van der Waals surface area contributed by atoms with Gasteiger partial charge in [0.1, 0.15) is 0 Å². The van der Waals surface area contributed by atoms with Crippen LogP contribution in [0.3, 0.4) is 0 Å². The van der Waals surface area contributed by atoms with E-state index in [9.17, 15) is 4.79 Å². The molecule has 0 aliphatic rings. The van der Waals surface area contributed by atoms with E-state index in [1.807, 2.05) is 12.1 Å². The molecule has 0 N–H and O–H groups in total. The number of likely N-dealkylation sites (N-methyl/N-ethyl adjacent to an activating group) is 1. The Morgan fingerprint density at radius 2 is 2.25 bits per heavy atom. The smallest absolute Gasteiger partial charge is 0.245 e. The molecule has 0 fully saturated rings. The highest BCUT2D eigenvalue weighted by Gasteiger charge is 2.08. The predicted octanol–water partition coefficient (Wildman–Crippen LogP) is 3.05. The molecule has 3 heteroatoms. The lowest BCUT2D eigenvalue weighted by Gasteiger charge is -2.14. The second-order valence-corrected chi connectivity index (χ2v) is 4.57.